The van der Waals surface area contributed by atoms with Gasteiger partial charge in [0.1, 0.15) is 0 Å². The second-order valence-electron chi connectivity index (χ2n) is 4.49. The zero-order valence-electron chi connectivity index (χ0n) is 11.3. The smallest absolute Gasteiger partial charge is 0.169 e. The van der Waals surface area contributed by atoms with Crippen LogP contribution in [0, 0.1) is 6.92 Å². The molecule has 0 aliphatic heterocycles. The van der Waals surface area contributed by atoms with Crippen LogP contribution in [-0.2, 0) is 13.6 Å². The van der Waals surface area contributed by atoms with Crippen LogP contribution in [0.25, 0.3) is 0 Å². The number of thiocarbonyl (C=S) groups is 1. The molecule has 0 saturated heterocycles. The maximum atomic E-state index is 5.36. The van der Waals surface area contributed by atoms with Crippen LogP contribution >= 0.6 is 12.2 Å². The van der Waals surface area contributed by atoms with Crippen molar-refractivity contribution in [2.75, 3.05) is 7.05 Å². The summed E-state index contributed by atoms with van der Waals surface area (Å²) in [7, 11) is 3.96. The molecule has 0 bridgehead atoms. The first-order valence-corrected chi connectivity index (χ1v) is 6.35. The van der Waals surface area contributed by atoms with E-state index in [4.69, 9.17) is 12.2 Å². The van der Waals surface area contributed by atoms with Crippen molar-refractivity contribution in [3.63, 3.8) is 0 Å². The Morgan fingerprint density at radius 2 is 2.29 bits per heavy atom. The fraction of sp³-hybridized carbons (Fsp3) is 0.667. The normalized spacial score (nSPS) is 12.3. The summed E-state index contributed by atoms with van der Waals surface area (Å²) >= 11 is 5.36. The predicted octanol–water partition coefficient (Wildman–Crippen LogP) is 1.83. The summed E-state index contributed by atoms with van der Waals surface area (Å²) in [5.74, 6) is 0. The summed E-state index contributed by atoms with van der Waals surface area (Å²) in [6.45, 7) is 7.14. The molecule has 0 spiro atoms. The maximum absolute atomic E-state index is 5.36. The Kier molecular flexibility index (Phi) is 4.93. The molecule has 5 heteroatoms. The fourth-order valence-corrected chi connectivity index (χ4v) is 1.72. The first-order chi connectivity index (χ1) is 7.95. The molecule has 0 amide bonds. The second-order valence-corrected chi connectivity index (χ2v) is 4.88. The molecule has 1 atom stereocenters. The number of aromatic nitrogens is 2. The van der Waals surface area contributed by atoms with Crippen LogP contribution in [0.2, 0.25) is 0 Å². The molecule has 1 heterocycles. The van der Waals surface area contributed by atoms with Gasteiger partial charge in [-0.3, -0.25) is 4.68 Å². The maximum Gasteiger partial charge on any atom is 0.169 e. The van der Waals surface area contributed by atoms with E-state index in [1.807, 2.05) is 29.9 Å². The molecule has 0 aromatic carbocycles. The van der Waals surface area contributed by atoms with Gasteiger partial charge in [-0.15, -0.1) is 0 Å². The first-order valence-electron chi connectivity index (χ1n) is 5.94. The Morgan fingerprint density at radius 3 is 2.76 bits per heavy atom. The van der Waals surface area contributed by atoms with E-state index in [9.17, 15) is 0 Å². The van der Waals surface area contributed by atoms with E-state index in [-0.39, 0.29) is 0 Å². The molecular weight excluding hydrogens is 232 g/mol. The van der Waals surface area contributed by atoms with Gasteiger partial charge >= 0.3 is 0 Å². The molecule has 0 fully saturated rings. The number of nitrogens with zero attached hydrogens (tertiary/aromatic N) is 3. The molecule has 4 nitrogen and oxygen atoms in total. The van der Waals surface area contributed by atoms with Crippen molar-refractivity contribution in [1.29, 1.82) is 0 Å². The molecule has 0 aliphatic rings. The van der Waals surface area contributed by atoms with Crippen molar-refractivity contribution in [1.82, 2.24) is 20.0 Å². The standard InChI is InChI=1S/C12H22N4S/c1-6-9(2)14-12(17)15(4)8-11-7-13-16(5)10(11)3/h7,9H,6,8H2,1-5H3,(H,14,17). The van der Waals surface area contributed by atoms with E-state index in [0.29, 0.717) is 6.04 Å². The molecule has 1 unspecified atom stereocenters. The predicted molar refractivity (Wildman–Crippen MR) is 74.9 cm³/mol. The number of nitrogens with one attached hydrogen (secondary N) is 1. The highest BCUT2D eigenvalue weighted by Gasteiger charge is 2.10. The molecular formula is C12H22N4S. The highest BCUT2D eigenvalue weighted by molar-refractivity contribution is 7.80. The number of hydrogen-bond acceptors (Lipinski definition) is 2. The Bertz CT molecular complexity index is 386. The van der Waals surface area contributed by atoms with Crippen LogP contribution in [0.15, 0.2) is 6.20 Å². The topological polar surface area (TPSA) is 33.1 Å². The molecule has 0 aliphatic carbocycles. The second kappa shape index (κ2) is 6.00. The largest absolute Gasteiger partial charge is 0.360 e. The minimum absolute atomic E-state index is 0.417. The minimum atomic E-state index is 0.417. The fourth-order valence-electron chi connectivity index (χ4n) is 1.45. The zero-order valence-corrected chi connectivity index (χ0v) is 12.1. The molecule has 1 rings (SSSR count). The highest BCUT2D eigenvalue weighted by atomic mass is 32.1. The summed E-state index contributed by atoms with van der Waals surface area (Å²) in [5, 5.41) is 8.33. The number of rotatable bonds is 4. The third-order valence-corrected chi connectivity index (χ3v) is 3.50. The molecule has 0 radical (unpaired) electrons. The van der Waals surface area contributed by atoms with Crippen LogP contribution in [0.5, 0.6) is 0 Å². The first kappa shape index (κ1) is 14.0. The summed E-state index contributed by atoms with van der Waals surface area (Å²) < 4.78 is 1.88. The van der Waals surface area contributed by atoms with Crippen molar-refractivity contribution in [3.05, 3.63) is 17.5 Å². The van der Waals surface area contributed by atoms with Crippen LogP contribution in [0.4, 0.5) is 0 Å². The van der Waals surface area contributed by atoms with Gasteiger partial charge in [-0.2, -0.15) is 5.10 Å². The van der Waals surface area contributed by atoms with Crippen molar-refractivity contribution in [2.24, 2.45) is 7.05 Å². The molecule has 1 aromatic rings. The number of hydrogen-bond donors (Lipinski definition) is 1. The van der Waals surface area contributed by atoms with Gasteiger partial charge in [0.15, 0.2) is 5.11 Å². The van der Waals surface area contributed by atoms with E-state index < -0.39 is 0 Å². The van der Waals surface area contributed by atoms with Crippen molar-refractivity contribution >= 4 is 17.3 Å². The SMILES string of the molecule is CCC(C)NC(=S)N(C)Cc1cnn(C)c1C. The van der Waals surface area contributed by atoms with E-state index in [0.717, 1.165) is 18.1 Å². The third-order valence-electron chi connectivity index (χ3n) is 3.07. The third kappa shape index (κ3) is 3.70. The molecule has 17 heavy (non-hydrogen) atoms. The Morgan fingerprint density at radius 1 is 1.65 bits per heavy atom. The van der Waals surface area contributed by atoms with E-state index in [2.05, 4.69) is 31.2 Å². The van der Waals surface area contributed by atoms with Gasteiger partial charge in [-0.1, -0.05) is 6.92 Å². The average molecular weight is 254 g/mol. The molecule has 0 saturated carbocycles. The van der Waals surface area contributed by atoms with Gasteiger partial charge in [0, 0.05) is 37.9 Å². The Labute approximate surface area is 109 Å². The van der Waals surface area contributed by atoms with Crippen LogP contribution < -0.4 is 5.32 Å². The summed E-state index contributed by atoms with van der Waals surface area (Å²) in [6.07, 6.45) is 2.97. The van der Waals surface area contributed by atoms with Gasteiger partial charge in [-0.05, 0) is 32.5 Å². The zero-order chi connectivity index (χ0) is 13.0. The summed E-state index contributed by atoms with van der Waals surface area (Å²) in [4.78, 5) is 2.05. The minimum Gasteiger partial charge on any atom is -0.360 e. The Hall–Kier alpha value is -1.10. The van der Waals surface area contributed by atoms with E-state index in [1.54, 1.807) is 0 Å². The molecule has 1 N–H and O–H groups in total. The van der Waals surface area contributed by atoms with Crippen molar-refractivity contribution < 1.29 is 0 Å². The van der Waals surface area contributed by atoms with Crippen molar-refractivity contribution in [2.45, 2.75) is 39.8 Å². The van der Waals surface area contributed by atoms with Crippen LogP contribution in [-0.4, -0.2) is 32.9 Å². The quantitative estimate of drug-likeness (QED) is 0.831. The van der Waals surface area contributed by atoms with Gasteiger partial charge in [0.2, 0.25) is 0 Å². The van der Waals surface area contributed by atoms with Gasteiger partial charge in [0.25, 0.3) is 0 Å². The van der Waals surface area contributed by atoms with E-state index >= 15 is 0 Å². The average Bonchev–Trinajstić information content (AvgIpc) is 2.60. The lowest BCUT2D eigenvalue weighted by Crippen LogP contribution is -2.41. The number of aryl methyl sites for hydroxylation is 1. The van der Waals surface area contributed by atoms with Gasteiger partial charge < -0.3 is 10.2 Å². The van der Waals surface area contributed by atoms with Crippen LogP contribution in [0.3, 0.4) is 0 Å². The monoisotopic (exact) mass is 254 g/mol. The lowest BCUT2D eigenvalue weighted by molar-refractivity contribution is 0.472. The van der Waals surface area contributed by atoms with Crippen molar-refractivity contribution in [3.8, 4) is 0 Å². The van der Waals surface area contributed by atoms with E-state index in [1.165, 1.54) is 11.3 Å². The molecule has 1 aromatic heterocycles. The lowest BCUT2D eigenvalue weighted by Gasteiger charge is -2.23. The Balaban J connectivity index is 2.57. The lowest BCUT2D eigenvalue weighted by atomic mass is 10.2. The summed E-state index contributed by atoms with van der Waals surface area (Å²) in [5.41, 5.74) is 2.39. The summed E-state index contributed by atoms with van der Waals surface area (Å²) in [6, 6.07) is 0.417. The highest BCUT2D eigenvalue weighted by Crippen LogP contribution is 2.08. The van der Waals surface area contributed by atoms with Gasteiger partial charge in [-0.25, -0.2) is 0 Å². The van der Waals surface area contributed by atoms with Gasteiger partial charge in [0.05, 0.1) is 6.20 Å². The van der Waals surface area contributed by atoms with Crippen LogP contribution in [0.1, 0.15) is 31.5 Å². The molecule has 96 valence electrons.